The monoisotopic (exact) mass is 289 g/mol. The molecule has 0 aliphatic rings. The van der Waals surface area contributed by atoms with Crippen LogP contribution in [0.3, 0.4) is 0 Å². The Kier molecular flexibility index (Phi) is 4.61. The second-order valence-corrected chi connectivity index (χ2v) is 6.22. The van der Waals surface area contributed by atoms with Gasteiger partial charge in [0.1, 0.15) is 0 Å². The van der Waals surface area contributed by atoms with E-state index in [-0.39, 0.29) is 11.0 Å². The van der Waals surface area contributed by atoms with Crippen molar-refractivity contribution in [3.63, 3.8) is 0 Å². The van der Waals surface area contributed by atoms with Crippen LogP contribution in [0.2, 0.25) is 0 Å². The average Bonchev–Trinajstić information content (AvgIpc) is 2.45. The first-order valence-corrected chi connectivity index (χ1v) is 7.07. The smallest absolute Gasteiger partial charge is 0.263 e. The molecule has 0 radical (unpaired) electrons. The summed E-state index contributed by atoms with van der Waals surface area (Å²) in [4.78, 5) is 0. The topological polar surface area (TPSA) is 12.0 Å². The van der Waals surface area contributed by atoms with Crippen LogP contribution >= 0.6 is 0 Å². The second kappa shape index (κ2) is 6.25. The zero-order valence-electron chi connectivity index (χ0n) is 12.7. The number of nitrogens with one attached hydrogen (secondary N) is 1. The molecule has 0 aromatic heterocycles. The van der Waals surface area contributed by atoms with Crippen LogP contribution in [0.25, 0.3) is 0 Å². The van der Waals surface area contributed by atoms with Crippen LogP contribution in [-0.4, -0.2) is 0 Å². The summed E-state index contributed by atoms with van der Waals surface area (Å²) in [6.07, 6.45) is -2.41. The van der Waals surface area contributed by atoms with E-state index in [1.165, 1.54) is 17.7 Å². The van der Waals surface area contributed by atoms with Gasteiger partial charge in [0.25, 0.3) is 6.43 Å². The molecule has 0 amide bonds. The molecule has 0 spiro atoms. The molecule has 0 unspecified atom stereocenters. The van der Waals surface area contributed by atoms with Gasteiger partial charge in [-0.05, 0) is 28.7 Å². The third-order valence-electron chi connectivity index (χ3n) is 3.48. The Labute approximate surface area is 125 Å². The number of alkyl halides is 2. The van der Waals surface area contributed by atoms with E-state index >= 15 is 0 Å². The molecule has 21 heavy (non-hydrogen) atoms. The summed E-state index contributed by atoms with van der Waals surface area (Å²) in [7, 11) is 0. The van der Waals surface area contributed by atoms with E-state index in [1.54, 1.807) is 12.1 Å². The first kappa shape index (κ1) is 15.5. The molecule has 0 atom stereocenters. The lowest BCUT2D eigenvalue weighted by Crippen LogP contribution is -2.10. The van der Waals surface area contributed by atoms with Gasteiger partial charge in [-0.15, -0.1) is 0 Å². The van der Waals surface area contributed by atoms with Crippen molar-refractivity contribution in [2.24, 2.45) is 0 Å². The quantitative estimate of drug-likeness (QED) is 0.780. The van der Waals surface area contributed by atoms with Crippen LogP contribution < -0.4 is 5.32 Å². The predicted octanol–water partition coefficient (Wildman–Crippen LogP) is 5.53. The molecule has 0 saturated heterocycles. The van der Waals surface area contributed by atoms with Crippen molar-refractivity contribution >= 4 is 5.69 Å². The van der Waals surface area contributed by atoms with E-state index in [0.29, 0.717) is 6.54 Å². The molecule has 112 valence electrons. The van der Waals surface area contributed by atoms with Crippen LogP contribution in [0.15, 0.2) is 48.5 Å². The van der Waals surface area contributed by atoms with Gasteiger partial charge in [-0.2, -0.15) is 0 Å². The van der Waals surface area contributed by atoms with Gasteiger partial charge in [0.05, 0.1) is 0 Å². The van der Waals surface area contributed by atoms with Gasteiger partial charge in [0, 0.05) is 17.8 Å². The molecule has 1 nitrogen and oxygen atoms in total. The summed E-state index contributed by atoms with van der Waals surface area (Å²) in [5, 5.41) is 3.30. The number of halogens is 2. The van der Waals surface area contributed by atoms with Gasteiger partial charge < -0.3 is 5.32 Å². The van der Waals surface area contributed by atoms with Crippen molar-refractivity contribution < 1.29 is 8.78 Å². The number of benzene rings is 2. The number of anilines is 1. The minimum atomic E-state index is -2.41. The van der Waals surface area contributed by atoms with E-state index in [1.807, 2.05) is 12.1 Å². The molecule has 2 aromatic rings. The van der Waals surface area contributed by atoms with Crippen molar-refractivity contribution in [3.05, 3.63) is 65.2 Å². The summed E-state index contributed by atoms with van der Waals surface area (Å²) in [6.45, 7) is 7.17. The maximum Gasteiger partial charge on any atom is 0.263 e. The minimum Gasteiger partial charge on any atom is -0.381 e. The highest BCUT2D eigenvalue weighted by Gasteiger charge is 2.12. The lowest BCUT2D eigenvalue weighted by atomic mass is 9.87. The molecule has 2 aromatic carbocycles. The van der Waals surface area contributed by atoms with Crippen molar-refractivity contribution in [1.29, 1.82) is 0 Å². The molecule has 0 bridgehead atoms. The van der Waals surface area contributed by atoms with Crippen LogP contribution in [0.1, 0.15) is 43.9 Å². The fraction of sp³-hybridized carbons (Fsp3) is 0.333. The molecule has 1 N–H and O–H groups in total. The number of hydrogen-bond acceptors (Lipinski definition) is 1. The van der Waals surface area contributed by atoms with Gasteiger partial charge in [-0.3, -0.25) is 0 Å². The van der Waals surface area contributed by atoms with Gasteiger partial charge >= 0.3 is 0 Å². The van der Waals surface area contributed by atoms with Crippen LogP contribution in [-0.2, 0) is 12.0 Å². The summed E-state index contributed by atoms with van der Waals surface area (Å²) in [5.74, 6) is 0. The zero-order valence-corrected chi connectivity index (χ0v) is 12.7. The summed E-state index contributed by atoms with van der Waals surface area (Å²) < 4.78 is 24.9. The highest BCUT2D eigenvalue weighted by atomic mass is 19.3. The molecule has 0 fully saturated rings. The summed E-state index contributed by atoms with van der Waals surface area (Å²) >= 11 is 0. The van der Waals surface area contributed by atoms with Crippen LogP contribution in [0, 0.1) is 0 Å². The molecule has 0 heterocycles. The van der Waals surface area contributed by atoms with Crippen LogP contribution in [0.4, 0.5) is 14.5 Å². The molecule has 0 aliphatic heterocycles. The van der Waals surface area contributed by atoms with E-state index in [0.717, 1.165) is 11.3 Å². The SMILES string of the molecule is CC(C)(C)c1ccc(NCc2ccc(C(F)F)cc2)cc1. The molecule has 2 rings (SSSR count). The van der Waals surface area contributed by atoms with Crippen molar-refractivity contribution in [2.45, 2.75) is 39.2 Å². The minimum absolute atomic E-state index is 0.0632. The van der Waals surface area contributed by atoms with E-state index in [9.17, 15) is 8.78 Å². The molecule has 0 aliphatic carbocycles. The third-order valence-corrected chi connectivity index (χ3v) is 3.48. The fourth-order valence-corrected chi connectivity index (χ4v) is 2.07. The predicted molar refractivity (Wildman–Crippen MR) is 83.9 cm³/mol. The van der Waals surface area contributed by atoms with E-state index in [2.05, 4.69) is 38.2 Å². The summed E-state index contributed by atoms with van der Waals surface area (Å²) in [5.41, 5.74) is 3.51. The Balaban J connectivity index is 1.96. The standard InChI is InChI=1S/C18H21F2N/c1-18(2,3)15-8-10-16(11-9-15)21-12-13-4-6-14(7-5-13)17(19)20/h4-11,17,21H,12H2,1-3H3. The first-order chi connectivity index (χ1) is 9.86. The molecular formula is C18H21F2N. The van der Waals surface area contributed by atoms with Gasteiger partial charge in [0.15, 0.2) is 0 Å². The highest BCUT2D eigenvalue weighted by Crippen LogP contribution is 2.24. The maximum absolute atomic E-state index is 12.5. The molecule has 3 heteroatoms. The Morgan fingerprint density at radius 2 is 1.48 bits per heavy atom. The zero-order chi connectivity index (χ0) is 15.5. The van der Waals surface area contributed by atoms with Crippen molar-refractivity contribution in [1.82, 2.24) is 0 Å². The lowest BCUT2D eigenvalue weighted by molar-refractivity contribution is 0.151. The highest BCUT2D eigenvalue weighted by molar-refractivity contribution is 5.46. The first-order valence-electron chi connectivity index (χ1n) is 7.07. The molecular weight excluding hydrogens is 268 g/mol. The van der Waals surface area contributed by atoms with Crippen molar-refractivity contribution in [2.75, 3.05) is 5.32 Å². The van der Waals surface area contributed by atoms with Gasteiger partial charge in [-0.1, -0.05) is 57.2 Å². The number of hydrogen-bond donors (Lipinski definition) is 1. The van der Waals surface area contributed by atoms with Gasteiger partial charge in [0.2, 0.25) is 0 Å². The average molecular weight is 289 g/mol. The Hall–Kier alpha value is -1.90. The Morgan fingerprint density at radius 3 is 1.95 bits per heavy atom. The van der Waals surface area contributed by atoms with Crippen molar-refractivity contribution in [3.8, 4) is 0 Å². The number of rotatable bonds is 4. The van der Waals surface area contributed by atoms with E-state index in [4.69, 9.17) is 0 Å². The Morgan fingerprint density at radius 1 is 0.905 bits per heavy atom. The normalized spacial score (nSPS) is 11.7. The Bertz CT molecular complexity index is 566. The molecule has 0 saturated carbocycles. The fourth-order valence-electron chi connectivity index (χ4n) is 2.07. The summed E-state index contributed by atoms with van der Waals surface area (Å²) in [6, 6.07) is 14.7. The third kappa shape index (κ3) is 4.28. The largest absolute Gasteiger partial charge is 0.381 e. The lowest BCUT2D eigenvalue weighted by Gasteiger charge is -2.19. The van der Waals surface area contributed by atoms with E-state index < -0.39 is 6.43 Å². The maximum atomic E-state index is 12.5. The second-order valence-electron chi connectivity index (χ2n) is 6.22. The van der Waals surface area contributed by atoms with Crippen LogP contribution in [0.5, 0.6) is 0 Å². The van der Waals surface area contributed by atoms with Gasteiger partial charge in [-0.25, -0.2) is 8.78 Å².